The van der Waals surface area contributed by atoms with Gasteiger partial charge in [0, 0.05) is 31.2 Å². The molecule has 2 aromatic rings. The lowest BCUT2D eigenvalue weighted by molar-refractivity contribution is -0.0484. The molecule has 0 aromatic carbocycles. The van der Waals surface area contributed by atoms with E-state index in [1.165, 1.54) is 6.33 Å². The number of rotatable bonds is 3. The molecule has 7 nitrogen and oxygen atoms in total. The summed E-state index contributed by atoms with van der Waals surface area (Å²) in [7, 11) is 3.82. The Bertz CT molecular complexity index is 660. The molecule has 0 saturated carbocycles. The van der Waals surface area contributed by atoms with Crippen molar-refractivity contribution in [1.29, 1.82) is 0 Å². The van der Waals surface area contributed by atoms with Crippen molar-refractivity contribution in [2.75, 3.05) is 25.6 Å². The van der Waals surface area contributed by atoms with Gasteiger partial charge in [0.2, 0.25) is 0 Å². The molecular weight excluding hydrogens is 340 g/mol. The van der Waals surface area contributed by atoms with E-state index in [0.717, 1.165) is 15.7 Å². The Morgan fingerprint density at radius 1 is 1.48 bits per heavy atom. The maximum Gasteiger partial charge on any atom is 0.161 e. The van der Waals surface area contributed by atoms with Crippen LogP contribution in [-0.4, -0.2) is 57.7 Å². The summed E-state index contributed by atoms with van der Waals surface area (Å²) in [6.07, 6.45) is 2.15. The molecule has 114 valence electrons. The van der Waals surface area contributed by atoms with Crippen molar-refractivity contribution in [1.82, 2.24) is 14.5 Å². The Balaban J connectivity index is 2.11. The maximum absolute atomic E-state index is 10.2. The molecule has 0 aliphatic carbocycles. The number of hydrogen-bond acceptors (Lipinski definition) is 6. The highest BCUT2D eigenvalue weighted by Crippen LogP contribution is 2.37. The largest absolute Gasteiger partial charge is 0.394 e. The number of anilines is 1. The molecule has 1 saturated heterocycles. The summed E-state index contributed by atoms with van der Waals surface area (Å²) in [5, 5.41) is 20.2. The summed E-state index contributed by atoms with van der Waals surface area (Å²) < 4.78 is 8.32. The minimum Gasteiger partial charge on any atom is -0.394 e. The highest BCUT2D eigenvalue weighted by molar-refractivity contribution is 9.10. The zero-order chi connectivity index (χ0) is 15.1. The predicted molar refractivity (Wildman–Crippen MR) is 81.2 cm³/mol. The highest BCUT2D eigenvalue weighted by atomic mass is 79.9. The SMILES string of the molecule is CN(C)c1ncnc2c1c(Br)cn2[C@@H]1O[C@H](CO)C[C@H]1O. The van der Waals surface area contributed by atoms with E-state index in [2.05, 4.69) is 25.9 Å². The van der Waals surface area contributed by atoms with E-state index < -0.39 is 12.3 Å². The zero-order valence-corrected chi connectivity index (χ0v) is 13.4. The van der Waals surface area contributed by atoms with Gasteiger partial charge in [-0.15, -0.1) is 0 Å². The molecule has 1 fully saturated rings. The van der Waals surface area contributed by atoms with Crippen LogP contribution >= 0.6 is 15.9 Å². The summed E-state index contributed by atoms with van der Waals surface area (Å²) in [6, 6.07) is 0. The number of hydrogen-bond donors (Lipinski definition) is 2. The third-order valence-corrected chi connectivity index (χ3v) is 4.21. The minimum absolute atomic E-state index is 0.105. The van der Waals surface area contributed by atoms with E-state index in [0.29, 0.717) is 12.1 Å². The minimum atomic E-state index is -0.678. The number of halogens is 1. The van der Waals surface area contributed by atoms with Crippen molar-refractivity contribution in [2.24, 2.45) is 0 Å². The van der Waals surface area contributed by atoms with Crippen molar-refractivity contribution in [3.8, 4) is 0 Å². The number of aromatic nitrogens is 3. The van der Waals surface area contributed by atoms with Crippen LogP contribution in [0.25, 0.3) is 11.0 Å². The molecule has 1 aliphatic rings. The molecule has 21 heavy (non-hydrogen) atoms. The van der Waals surface area contributed by atoms with E-state index >= 15 is 0 Å². The number of fused-ring (bicyclic) bond motifs is 1. The van der Waals surface area contributed by atoms with Crippen LogP contribution in [0.5, 0.6) is 0 Å². The smallest absolute Gasteiger partial charge is 0.161 e. The van der Waals surface area contributed by atoms with Crippen LogP contribution in [0.2, 0.25) is 0 Å². The average molecular weight is 357 g/mol. The third kappa shape index (κ3) is 2.42. The number of aliphatic hydroxyl groups is 2. The van der Waals surface area contributed by atoms with E-state index in [1.54, 1.807) is 4.57 Å². The van der Waals surface area contributed by atoms with Gasteiger partial charge in [0.15, 0.2) is 6.23 Å². The van der Waals surface area contributed by atoms with Crippen molar-refractivity contribution >= 4 is 32.8 Å². The van der Waals surface area contributed by atoms with Crippen LogP contribution in [0.15, 0.2) is 17.0 Å². The van der Waals surface area contributed by atoms with Gasteiger partial charge in [-0.1, -0.05) is 0 Å². The van der Waals surface area contributed by atoms with Gasteiger partial charge in [-0.25, -0.2) is 9.97 Å². The second-order valence-electron chi connectivity index (χ2n) is 5.31. The Morgan fingerprint density at radius 2 is 2.24 bits per heavy atom. The lowest BCUT2D eigenvalue weighted by Crippen LogP contribution is -2.19. The van der Waals surface area contributed by atoms with Gasteiger partial charge in [0.05, 0.1) is 18.1 Å². The summed E-state index contributed by atoms with van der Waals surface area (Å²) in [4.78, 5) is 10.5. The van der Waals surface area contributed by atoms with Crippen LogP contribution in [0.4, 0.5) is 5.82 Å². The van der Waals surface area contributed by atoms with E-state index in [4.69, 9.17) is 4.74 Å². The Kier molecular flexibility index (Phi) is 3.87. The van der Waals surface area contributed by atoms with Gasteiger partial charge in [0.1, 0.15) is 23.9 Å². The summed E-state index contributed by atoms with van der Waals surface area (Å²) in [5.41, 5.74) is 0.684. The molecule has 1 aliphatic heterocycles. The van der Waals surface area contributed by atoms with Crippen molar-refractivity contribution in [3.63, 3.8) is 0 Å². The van der Waals surface area contributed by atoms with Crippen LogP contribution in [0.3, 0.4) is 0 Å². The van der Waals surface area contributed by atoms with Gasteiger partial charge in [-0.3, -0.25) is 0 Å². The summed E-state index contributed by atoms with van der Waals surface area (Å²) >= 11 is 3.52. The second kappa shape index (κ2) is 5.53. The van der Waals surface area contributed by atoms with Crippen LogP contribution in [0.1, 0.15) is 12.6 Å². The molecule has 0 amide bonds. The average Bonchev–Trinajstić information content (AvgIpc) is 2.99. The molecule has 2 N–H and O–H groups in total. The third-order valence-electron chi connectivity index (χ3n) is 3.61. The first kappa shape index (κ1) is 14.7. The Labute approximate surface area is 130 Å². The van der Waals surface area contributed by atoms with Crippen molar-refractivity contribution in [2.45, 2.75) is 24.9 Å². The van der Waals surface area contributed by atoms with E-state index in [1.807, 2.05) is 25.2 Å². The first-order valence-corrected chi connectivity index (χ1v) is 7.45. The zero-order valence-electron chi connectivity index (χ0n) is 11.8. The number of ether oxygens (including phenoxy) is 1. The highest BCUT2D eigenvalue weighted by Gasteiger charge is 2.36. The number of aliphatic hydroxyl groups excluding tert-OH is 2. The quantitative estimate of drug-likeness (QED) is 0.849. The lowest BCUT2D eigenvalue weighted by Gasteiger charge is -2.18. The first-order chi connectivity index (χ1) is 10.0. The van der Waals surface area contributed by atoms with Crippen LogP contribution < -0.4 is 4.90 Å². The molecule has 3 rings (SSSR count). The topological polar surface area (TPSA) is 83.6 Å². The van der Waals surface area contributed by atoms with Gasteiger partial charge >= 0.3 is 0 Å². The molecule has 2 aromatic heterocycles. The summed E-state index contributed by atoms with van der Waals surface area (Å²) in [5.74, 6) is 0.789. The van der Waals surface area contributed by atoms with Gasteiger partial charge in [-0.05, 0) is 15.9 Å². The van der Waals surface area contributed by atoms with Gasteiger partial charge in [-0.2, -0.15) is 0 Å². The van der Waals surface area contributed by atoms with Gasteiger partial charge in [0.25, 0.3) is 0 Å². The van der Waals surface area contributed by atoms with E-state index in [9.17, 15) is 10.2 Å². The maximum atomic E-state index is 10.2. The Hall–Kier alpha value is -1.22. The fraction of sp³-hybridized carbons (Fsp3) is 0.538. The standard InChI is InChI=1S/C13H17BrN4O3/c1-17(2)11-10-8(14)4-18(12(10)16-6-15-11)13-9(20)3-7(5-19)21-13/h4,6-7,9,13,19-20H,3,5H2,1-2H3/t7-,9+,13+/m0/s1. The second-order valence-corrected chi connectivity index (χ2v) is 6.16. The normalized spacial score (nSPS) is 25.7. The fourth-order valence-corrected chi connectivity index (χ4v) is 3.23. The number of nitrogens with zero attached hydrogens (tertiary/aromatic N) is 4. The van der Waals surface area contributed by atoms with Gasteiger partial charge < -0.3 is 24.4 Å². The molecular formula is C13H17BrN4O3. The predicted octanol–water partition coefficient (Wildman–Crippen LogP) is 0.900. The van der Waals surface area contributed by atoms with Crippen LogP contribution in [-0.2, 0) is 4.74 Å². The van der Waals surface area contributed by atoms with Crippen molar-refractivity contribution in [3.05, 3.63) is 17.0 Å². The molecule has 8 heteroatoms. The molecule has 0 spiro atoms. The first-order valence-electron chi connectivity index (χ1n) is 6.65. The molecule has 0 unspecified atom stereocenters. The molecule has 0 bridgehead atoms. The molecule has 3 heterocycles. The Morgan fingerprint density at radius 3 is 2.86 bits per heavy atom. The summed E-state index contributed by atoms with van der Waals surface area (Å²) in [6.45, 7) is -0.105. The van der Waals surface area contributed by atoms with Crippen molar-refractivity contribution < 1.29 is 14.9 Å². The molecule has 3 atom stereocenters. The lowest BCUT2D eigenvalue weighted by atomic mass is 10.2. The molecule has 0 radical (unpaired) electrons. The van der Waals surface area contributed by atoms with Crippen LogP contribution in [0, 0.1) is 0 Å². The monoisotopic (exact) mass is 356 g/mol. The fourth-order valence-electron chi connectivity index (χ4n) is 2.66. The van der Waals surface area contributed by atoms with E-state index in [-0.39, 0.29) is 12.7 Å².